The number of anilines is 1. The Morgan fingerprint density at radius 3 is 2.43 bits per heavy atom. The van der Waals surface area contributed by atoms with Gasteiger partial charge >= 0.3 is 0 Å². The van der Waals surface area contributed by atoms with Crippen molar-refractivity contribution in [2.75, 3.05) is 5.32 Å². The number of para-hydroxylation sites is 1. The molecule has 0 fully saturated rings. The van der Waals surface area contributed by atoms with Gasteiger partial charge in [-0.2, -0.15) is 0 Å². The van der Waals surface area contributed by atoms with Crippen molar-refractivity contribution in [1.82, 2.24) is 4.98 Å². The number of benzene rings is 3. The summed E-state index contributed by atoms with van der Waals surface area (Å²) in [6.07, 6.45) is 0. The largest absolute Gasteiger partial charge is 0.322 e. The van der Waals surface area contributed by atoms with Crippen LogP contribution in [0.1, 0.15) is 27.0 Å². The summed E-state index contributed by atoms with van der Waals surface area (Å²) in [6.45, 7) is 5.91. The predicted molar refractivity (Wildman–Crippen MR) is 126 cm³/mol. The smallest absolute Gasteiger partial charge is 0.256 e. The van der Waals surface area contributed by atoms with Gasteiger partial charge in [0.2, 0.25) is 0 Å². The van der Waals surface area contributed by atoms with Crippen molar-refractivity contribution in [3.05, 3.63) is 93.0 Å². The molecule has 30 heavy (non-hydrogen) atoms. The van der Waals surface area contributed by atoms with E-state index in [1.54, 1.807) is 12.1 Å². The minimum absolute atomic E-state index is 0.176. The van der Waals surface area contributed by atoms with Crippen LogP contribution in [0.5, 0.6) is 0 Å². The van der Waals surface area contributed by atoms with Gasteiger partial charge in [-0.3, -0.25) is 4.79 Å². The maximum atomic E-state index is 13.4. The highest BCUT2D eigenvalue weighted by atomic mass is 35.5. The Morgan fingerprint density at radius 1 is 0.933 bits per heavy atom. The molecule has 4 aromatic rings. The highest BCUT2D eigenvalue weighted by Crippen LogP contribution is 2.35. The van der Waals surface area contributed by atoms with Crippen LogP contribution in [-0.2, 0) is 0 Å². The van der Waals surface area contributed by atoms with Crippen LogP contribution in [0.2, 0.25) is 10.0 Å². The van der Waals surface area contributed by atoms with Gasteiger partial charge in [-0.15, -0.1) is 0 Å². The Morgan fingerprint density at radius 2 is 1.70 bits per heavy atom. The number of aromatic nitrogens is 1. The first-order valence-corrected chi connectivity index (χ1v) is 10.3. The van der Waals surface area contributed by atoms with E-state index in [9.17, 15) is 4.79 Å². The Kier molecular flexibility index (Phi) is 5.50. The maximum Gasteiger partial charge on any atom is 0.256 e. The summed E-state index contributed by atoms with van der Waals surface area (Å²) in [5, 5.41) is 4.91. The van der Waals surface area contributed by atoms with Crippen LogP contribution in [0.25, 0.3) is 22.2 Å². The van der Waals surface area contributed by atoms with Gasteiger partial charge in [0.05, 0.1) is 21.8 Å². The Labute approximate surface area is 185 Å². The van der Waals surface area contributed by atoms with E-state index < -0.39 is 0 Å². The molecule has 0 saturated heterocycles. The van der Waals surface area contributed by atoms with Gasteiger partial charge < -0.3 is 5.32 Å². The van der Waals surface area contributed by atoms with Crippen LogP contribution in [0.4, 0.5) is 5.69 Å². The lowest BCUT2D eigenvalue weighted by atomic mass is 9.97. The average Bonchev–Trinajstić information content (AvgIpc) is 2.70. The molecule has 0 bridgehead atoms. The molecule has 4 rings (SSSR count). The fourth-order valence-corrected chi connectivity index (χ4v) is 4.18. The summed E-state index contributed by atoms with van der Waals surface area (Å²) < 4.78 is 0. The maximum absolute atomic E-state index is 13.4. The van der Waals surface area contributed by atoms with Gasteiger partial charge in [0.15, 0.2) is 0 Å². The van der Waals surface area contributed by atoms with Crippen LogP contribution >= 0.6 is 23.2 Å². The molecule has 0 saturated carbocycles. The summed E-state index contributed by atoms with van der Waals surface area (Å²) in [6, 6.07) is 18.9. The van der Waals surface area contributed by atoms with E-state index in [1.165, 1.54) is 0 Å². The quantitative estimate of drug-likeness (QED) is 0.365. The molecule has 150 valence electrons. The molecule has 0 aliphatic heterocycles. The van der Waals surface area contributed by atoms with E-state index in [-0.39, 0.29) is 5.91 Å². The molecule has 3 aromatic carbocycles. The Balaban J connectivity index is 1.90. The zero-order chi connectivity index (χ0) is 21.4. The lowest BCUT2D eigenvalue weighted by Crippen LogP contribution is -2.16. The van der Waals surface area contributed by atoms with E-state index in [0.717, 1.165) is 38.8 Å². The molecule has 0 aliphatic carbocycles. The molecule has 1 aromatic heterocycles. The lowest BCUT2D eigenvalue weighted by Gasteiger charge is -2.16. The van der Waals surface area contributed by atoms with Gasteiger partial charge in [0.25, 0.3) is 5.91 Å². The molecule has 0 aliphatic rings. The number of pyridine rings is 1. The molecular formula is C25H20Cl2N2O. The van der Waals surface area contributed by atoms with Gasteiger partial charge in [-0.1, -0.05) is 59.1 Å². The third-order valence-corrected chi connectivity index (χ3v) is 5.73. The fourth-order valence-electron chi connectivity index (χ4n) is 3.68. The zero-order valence-electron chi connectivity index (χ0n) is 16.9. The second kappa shape index (κ2) is 8.10. The summed E-state index contributed by atoms with van der Waals surface area (Å²) in [5.74, 6) is -0.176. The van der Waals surface area contributed by atoms with Crippen molar-refractivity contribution in [2.24, 2.45) is 0 Å². The number of nitrogens with zero attached hydrogens (tertiary/aromatic N) is 1. The summed E-state index contributed by atoms with van der Waals surface area (Å²) in [5.41, 5.74) is 6.44. The Bertz CT molecular complexity index is 1300. The van der Waals surface area contributed by atoms with Crippen LogP contribution < -0.4 is 5.32 Å². The van der Waals surface area contributed by atoms with Crippen molar-refractivity contribution < 1.29 is 4.79 Å². The van der Waals surface area contributed by atoms with E-state index in [4.69, 9.17) is 28.2 Å². The highest BCUT2D eigenvalue weighted by Gasteiger charge is 2.20. The molecule has 5 heteroatoms. The number of rotatable bonds is 3. The summed E-state index contributed by atoms with van der Waals surface area (Å²) in [7, 11) is 0. The number of carbonyl (C=O) groups is 1. The van der Waals surface area contributed by atoms with Crippen LogP contribution in [0.3, 0.4) is 0 Å². The molecule has 1 amide bonds. The predicted octanol–water partition coefficient (Wildman–Crippen LogP) is 7.39. The van der Waals surface area contributed by atoms with E-state index >= 15 is 0 Å². The molecule has 0 atom stereocenters. The van der Waals surface area contributed by atoms with Crippen molar-refractivity contribution in [3.63, 3.8) is 0 Å². The lowest BCUT2D eigenvalue weighted by molar-refractivity contribution is 0.102. The second-order valence-corrected chi connectivity index (χ2v) is 8.22. The van der Waals surface area contributed by atoms with E-state index in [0.29, 0.717) is 21.3 Å². The zero-order valence-corrected chi connectivity index (χ0v) is 18.4. The van der Waals surface area contributed by atoms with E-state index in [1.807, 2.05) is 69.3 Å². The van der Waals surface area contributed by atoms with Crippen molar-refractivity contribution in [3.8, 4) is 11.3 Å². The number of halogens is 2. The minimum Gasteiger partial charge on any atom is -0.322 e. The first-order valence-electron chi connectivity index (χ1n) is 9.58. The Hall–Kier alpha value is -2.88. The molecule has 3 nitrogen and oxygen atoms in total. The number of amides is 1. The standard InChI is InChI=1S/C25H20Cl2N2O/c1-14-8-11-21(15(2)12-14)29-25(30)23-16(3)24(18-10-9-17(26)13-20(18)27)28-22-7-5-4-6-19(22)23/h4-13H,1-3H3,(H,29,30). The number of fused-ring (bicyclic) bond motifs is 1. The minimum atomic E-state index is -0.176. The molecule has 1 heterocycles. The molecule has 0 radical (unpaired) electrons. The monoisotopic (exact) mass is 434 g/mol. The third-order valence-electron chi connectivity index (χ3n) is 5.18. The van der Waals surface area contributed by atoms with Crippen LogP contribution in [-0.4, -0.2) is 10.9 Å². The molecule has 0 unspecified atom stereocenters. The fraction of sp³-hybridized carbons (Fsp3) is 0.120. The summed E-state index contributed by atoms with van der Waals surface area (Å²) in [4.78, 5) is 18.2. The first-order chi connectivity index (χ1) is 14.3. The van der Waals surface area contributed by atoms with Gasteiger partial charge in [-0.25, -0.2) is 4.98 Å². The highest BCUT2D eigenvalue weighted by molar-refractivity contribution is 6.36. The first kappa shape index (κ1) is 20.4. The topological polar surface area (TPSA) is 42.0 Å². The molecule has 0 spiro atoms. The average molecular weight is 435 g/mol. The van der Waals surface area contributed by atoms with Crippen molar-refractivity contribution in [1.29, 1.82) is 0 Å². The number of hydrogen-bond acceptors (Lipinski definition) is 2. The second-order valence-electron chi connectivity index (χ2n) is 7.37. The van der Waals surface area contributed by atoms with Crippen LogP contribution in [0.15, 0.2) is 60.7 Å². The number of carbonyl (C=O) groups excluding carboxylic acids is 1. The SMILES string of the molecule is Cc1ccc(NC(=O)c2c(C)c(-c3ccc(Cl)cc3Cl)nc3ccccc23)c(C)c1. The van der Waals surface area contributed by atoms with Gasteiger partial charge in [0, 0.05) is 21.7 Å². The molecular weight excluding hydrogens is 415 g/mol. The normalized spacial score (nSPS) is 11.0. The van der Waals surface area contributed by atoms with Crippen LogP contribution in [0, 0.1) is 20.8 Å². The number of hydrogen-bond donors (Lipinski definition) is 1. The van der Waals surface area contributed by atoms with Crippen molar-refractivity contribution in [2.45, 2.75) is 20.8 Å². The number of nitrogens with one attached hydrogen (secondary N) is 1. The number of aryl methyl sites for hydroxylation is 2. The van der Waals surface area contributed by atoms with Crippen molar-refractivity contribution >= 4 is 45.7 Å². The van der Waals surface area contributed by atoms with Gasteiger partial charge in [-0.05, 0) is 62.2 Å². The third kappa shape index (κ3) is 3.79. The summed E-state index contributed by atoms with van der Waals surface area (Å²) >= 11 is 12.5. The van der Waals surface area contributed by atoms with E-state index in [2.05, 4.69) is 5.32 Å². The molecule has 1 N–H and O–H groups in total. The van der Waals surface area contributed by atoms with Gasteiger partial charge in [0.1, 0.15) is 0 Å².